The molecular weight excluding hydrogens is 240 g/mol. The fourth-order valence-corrected chi connectivity index (χ4v) is 2.99. The zero-order chi connectivity index (χ0) is 12.8. The van der Waals surface area contributed by atoms with Crippen LogP contribution in [0.2, 0.25) is 0 Å². The second kappa shape index (κ2) is 4.32. The minimum atomic E-state index is 0.352. The average Bonchev–Trinajstić information content (AvgIpc) is 3.34. The Morgan fingerprint density at radius 2 is 2.11 bits per heavy atom. The minimum Gasteiger partial charge on any atom is -0.342 e. The summed E-state index contributed by atoms with van der Waals surface area (Å²) < 4.78 is 0. The molecule has 3 fully saturated rings. The van der Waals surface area contributed by atoms with E-state index < -0.39 is 0 Å². The lowest BCUT2D eigenvalue weighted by atomic mass is 10.1. The Hall–Kier alpha value is -1.39. The van der Waals surface area contributed by atoms with Crippen LogP contribution in [0, 0.1) is 11.8 Å². The Morgan fingerprint density at radius 3 is 2.84 bits per heavy atom. The highest BCUT2D eigenvalue weighted by Crippen LogP contribution is 2.38. The fraction of sp³-hybridized carbons (Fsp3) is 0.786. The van der Waals surface area contributed by atoms with Gasteiger partial charge in [0, 0.05) is 31.3 Å². The molecule has 3 aliphatic rings. The number of carbonyl (C=O) groups is 1. The molecule has 0 radical (unpaired) electrons. The number of H-pyrrole nitrogens is 1. The van der Waals surface area contributed by atoms with Crippen LogP contribution in [0.4, 0.5) is 0 Å². The lowest BCUT2D eigenvalue weighted by molar-refractivity contribution is -0.131. The van der Waals surface area contributed by atoms with Crippen molar-refractivity contribution < 1.29 is 4.79 Å². The summed E-state index contributed by atoms with van der Waals surface area (Å²) in [6.07, 6.45) is 6.74. The summed E-state index contributed by atoms with van der Waals surface area (Å²) in [7, 11) is 0. The van der Waals surface area contributed by atoms with Gasteiger partial charge in [0.2, 0.25) is 5.91 Å². The van der Waals surface area contributed by atoms with Crippen molar-refractivity contribution in [3.63, 3.8) is 0 Å². The number of aromatic amines is 1. The molecule has 0 aromatic carbocycles. The van der Waals surface area contributed by atoms with Gasteiger partial charge in [0.25, 0.3) is 0 Å². The molecule has 2 heterocycles. The van der Waals surface area contributed by atoms with Crippen LogP contribution in [-0.4, -0.2) is 39.1 Å². The number of hydrogen-bond donors (Lipinski definition) is 1. The average molecular weight is 260 g/mol. The zero-order valence-corrected chi connectivity index (χ0v) is 11.1. The molecule has 0 bridgehead atoms. The number of nitrogens with zero attached hydrogens (tertiary/aromatic N) is 3. The molecule has 1 N–H and O–H groups in total. The normalized spacial score (nSPS) is 26.9. The molecule has 0 spiro atoms. The van der Waals surface area contributed by atoms with Crippen LogP contribution in [0.25, 0.3) is 0 Å². The molecule has 1 aromatic heterocycles. The third-order valence-electron chi connectivity index (χ3n) is 4.50. The Labute approximate surface area is 112 Å². The van der Waals surface area contributed by atoms with Gasteiger partial charge < -0.3 is 4.90 Å². The van der Waals surface area contributed by atoms with E-state index in [-0.39, 0.29) is 0 Å². The van der Waals surface area contributed by atoms with Crippen molar-refractivity contribution in [1.29, 1.82) is 0 Å². The van der Waals surface area contributed by atoms with E-state index in [0.29, 0.717) is 23.7 Å². The molecule has 1 amide bonds. The van der Waals surface area contributed by atoms with Gasteiger partial charge >= 0.3 is 0 Å². The van der Waals surface area contributed by atoms with E-state index in [1.807, 2.05) is 0 Å². The fourth-order valence-electron chi connectivity index (χ4n) is 2.99. The van der Waals surface area contributed by atoms with E-state index in [1.54, 1.807) is 0 Å². The van der Waals surface area contributed by atoms with Gasteiger partial charge in [-0.2, -0.15) is 5.10 Å². The van der Waals surface area contributed by atoms with Gasteiger partial charge in [-0.3, -0.25) is 9.89 Å². The lowest BCUT2D eigenvalue weighted by Gasteiger charge is -2.15. The molecule has 1 unspecified atom stereocenters. The molecule has 1 aromatic rings. The van der Waals surface area contributed by atoms with Crippen molar-refractivity contribution >= 4 is 5.91 Å². The molecule has 1 saturated heterocycles. The summed E-state index contributed by atoms with van der Waals surface area (Å²) in [5.74, 6) is 3.92. The third kappa shape index (κ3) is 2.38. The number of nitrogens with one attached hydrogen (secondary N) is 1. The Morgan fingerprint density at radius 1 is 1.26 bits per heavy atom. The van der Waals surface area contributed by atoms with Crippen LogP contribution in [0.15, 0.2) is 0 Å². The summed E-state index contributed by atoms with van der Waals surface area (Å²) in [5, 5.41) is 7.36. The Kier molecular flexibility index (Phi) is 2.60. The number of hydrogen-bond acceptors (Lipinski definition) is 3. The van der Waals surface area contributed by atoms with E-state index in [0.717, 1.165) is 50.4 Å². The highest BCUT2D eigenvalue weighted by Gasteiger charge is 2.36. The molecule has 1 aliphatic heterocycles. The maximum atomic E-state index is 12.0. The van der Waals surface area contributed by atoms with E-state index in [1.165, 1.54) is 12.8 Å². The number of rotatable bonds is 4. The zero-order valence-electron chi connectivity index (χ0n) is 11.1. The van der Waals surface area contributed by atoms with E-state index >= 15 is 0 Å². The van der Waals surface area contributed by atoms with E-state index in [9.17, 15) is 4.79 Å². The molecule has 2 aliphatic carbocycles. The van der Waals surface area contributed by atoms with Crippen LogP contribution in [0.1, 0.15) is 49.7 Å². The molecular formula is C14H20N4O. The summed E-state index contributed by atoms with van der Waals surface area (Å²) >= 11 is 0. The first-order chi connectivity index (χ1) is 9.29. The van der Waals surface area contributed by atoms with Crippen molar-refractivity contribution in [1.82, 2.24) is 20.1 Å². The number of amides is 1. The molecule has 1 atom stereocenters. The van der Waals surface area contributed by atoms with Crippen LogP contribution in [0.5, 0.6) is 0 Å². The van der Waals surface area contributed by atoms with Crippen molar-refractivity contribution in [3.05, 3.63) is 11.6 Å². The van der Waals surface area contributed by atoms with Gasteiger partial charge in [-0.15, -0.1) is 0 Å². The number of carbonyl (C=O) groups excluding carboxylic acids is 1. The second-order valence-electron chi connectivity index (χ2n) is 6.33. The first-order valence-corrected chi connectivity index (χ1v) is 7.49. The smallest absolute Gasteiger partial charge is 0.225 e. The second-order valence-corrected chi connectivity index (χ2v) is 6.33. The number of likely N-dealkylation sites (tertiary alicyclic amines) is 1. The van der Waals surface area contributed by atoms with Crippen molar-refractivity contribution in [2.75, 3.05) is 13.1 Å². The first-order valence-electron chi connectivity index (χ1n) is 7.49. The highest BCUT2D eigenvalue weighted by atomic mass is 16.2. The highest BCUT2D eigenvalue weighted by molar-refractivity contribution is 5.81. The molecule has 19 heavy (non-hydrogen) atoms. The monoisotopic (exact) mass is 260 g/mol. The van der Waals surface area contributed by atoms with Gasteiger partial charge in [-0.1, -0.05) is 0 Å². The van der Waals surface area contributed by atoms with Crippen LogP contribution < -0.4 is 0 Å². The van der Waals surface area contributed by atoms with Crippen molar-refractivity contribution in [2.45, 2.75) is 44.4 Å². The van der Waals surface area contributed by atoms with Crippen LogP contribution in [0.3, 0.4) is 0 Å². The first kappa shape index (κ1) is 11.4. The van der Waals surface area contributed by atoms with Gasteiger partial charge in [0.05, 0.1) is 0 Å². The third-order valence-corrected chi connectivity index (χ3v) is 4.50. The quantitative estimate of drug-likeness (QED) is 0.892. The topological polar surface area (TPSA) is 61.9 Å². The number of aromatic nitrogens is 3. The minimum absolute atomic E-state index is 0.352. The lowest BCUT2D eigenvalue weighted by Crippen LogP contribution is -2.30. The predicted octanol–water partition coefficient (Wildman–Crippen LogP) is 1.48. The maximum absolute atomic E-state index is 12.0. The van der Waals surface area contributed by atoms with Crippen molar-refractivity contribution in [3.8, 4) is 0 Å². The largest absolute Gasteiger partial charge is 0.342 e. The van der Waals surface area contributed by atoms with E-state index in [4.69, 9.17) is 0 Å². The summed E-state index contributed by atoms with van der Waals surface area (Å²) in [4.78, 5) is 18.6. The van der Waals surface area contributed by atoms with Gasteiger partial charge in [-0.05, 0) is 38.0 Å². The Balaban J connectivity index is 1.34. The SMILES string of the molecule is O=C(C1CC1)N1CCC(Cc2nc(C3CC3)n[nH]2)C1. The predicted molar refractivity (Wildman–Crippen MR) is 69.5 cm³/mol. The molecule has 5 nitrogen and oxygen atoms in total. The summed E-state index contributed by atoms with van der Waals surface area (Å²) in [6, 6.07) is 0. The maximum Gasteiger partial charge on any atom is 0.225 e. The van der Waals surface area contributed by atoms with Crippen molar-refractivity contribution in [2.24, 2.45) is 11.8 Å². The molecule has 5 heteroatoms. The molecule has 102 valence electrons. The summed E-state index contributed by atoms with van der Waals surface area (Å²) in [6.45, 7) is 1.85. The molecule has 4 rings (SSSR count). The summed E-state index contributed by atoms with van der Waals surface area (Å²) in [5.41, 5.74) is 0. The van der Waals surface area contributed by atoms with Crippen LogP contribution >= 0.6 is 0 Å². The van der Waals surface area contributed by atoms with Gasteiger partial charge in [0.1, 0.15) is 5.82 Å². The van der Waals surface area contributed by atoms with Gasteiger partial charge in [0.15, 0.2) is 5.82 Å². The molecule has 2 saturated carbocycles. The van der Waals surface area contributed by atoms with Gasteiger partial charge in [-0.25, -0.2) is 4.98 Å². The Bertz CT molecular complexity index is 489. The van der Waals surface area contributed by atoms with Crippen LogP contribution in [-0.2, 0) is 11.2 Å². The standard InChI is InChI=1S/C14H20N4O/c19-14(11-3-4-11)18-6-5-9(8-18)7-12-15-13(17-16-12)10-1-2-10/h9-11H,1-8H2,(H,15,16,17). The van der Waals surface area contributed by atoms with E-state index in [2.05, 4.69) is 20.1 Å².